The van der Waals surface area contributed by atoms with Crippen molar-refractivity contribution in [3.05, 3.63) is 12.2 Å². The molecule has 3 aliphatic rings. The topological polar surface area (TPSA) is 66.0 Å². The van der Waals surface area contributed by atoms with Gasteiger partial charge in [0.25, 0.3) is 0 Å². The van der Waals surface area contributed by atoms with Crippen molar-refractivity contribution >= 4 is 14.2 Å². The molecule has 1 amide bonds. The Bertz CT molecular complexity index is 515. The van der Waals surface area contributed by atoms with Crippen LogP contribution in [0.15, 0.2) is 12.2 Å². The quantitative estimate of drug-likeness (QED) is 0.371. The van der Waals surface area contributed by atoms with Crippen molar-refractivity contribution in [3.8, 4) is 0 Å². The van der Waals surface area contributed by atoms with Crippen LogP contribution >= 0.6 is 0 Å². The minimum atomic E-state index is -1.95. The second-order valence-electron chi connectivity index (χ2n) is 7.84. The third-order valence-electron chi connectivity index (χ3n) is 5.24. The summed E-state index contributed by atoms with van der Waals surface area (Å²) in [6, 6.07) is -0.288. The second kappa shape index (κ2) is 4.88. The molecule has 0 unspecified atom stereocenters. The van der Waals surface area contributed by atoms with Crippen molar-refractivity contribution in [3.63, 3.8) is 0 Å². The monoisotopic (exact) mass is 327 g/mol. The van der Waals surface area contributed by atoms with Gasteiger partial charge in [0.1, 0.15) is 6.04 Å². The van der Waals surface area contributed by atoms with Crippen molar-refractivity contribution in [2.24, 2.45) is 5.92 Å². The average Bonchev–Trinajstić information content (AvgIpc) is 2.94. The predicted octanol–water partition coefficient (Wildman–Crippen LogP) is 2.08. The predicted molar refractivity (Wildman–Crippen MR) is 82.1 cm³/mol. The van der Waals surface area contributed by atoms with E-state index in [0.29, 0.717) is 0 Å². The van der Waals surface area contributed by atoms with Crippen molar-refractivity contribution in [2.75, 3.05) is 0 Å². The summed E-state index contributed by atoms with van der Waals surface area (Å²) in [6.45, 7) is 12.9. The molecule has 2 fully saturated rings. The van der Waals surface area contributed by atoms with Gasteiger partial charge in [-0.15, -0.1) is 0 Å². The van der Waals surface area contributed by atoms with E-state index in [0.717, 1.165) is 0 Å². The highest BCUT2D eigenvalue weighted by atomic mass is 28.4. The van der Waals surface area contributed by atoms with E-state index in [-0.39, 0.29) is 29.0 Å². The molecule has 1 N–H and O–H groups in total. The van der Waals surface area contributed by atoms with E-state index in [4.69, 9.17) is 18.9 Å². The Hall–Kier alpha value is -0.733. The second-order valence-corrected chi connectivity index (χ2v) is 12.6. The zero-order valence-electron chi connectivity index (χ0n) is 14.0. The van der Waals surface area contributed by atoms with Gasteiger partial charge in [-0.3, -0.25) is 4.79 Å². The third kappa shape index (κ3) is 2.35. The lowest BCUT2D eigenvalue weighted by atomic mass is 9.81. The lowest BCUT2D eigenvalue weighted by Gasteiger charge is -2.48. The number of ether oxygens (including phenoxy) is 1. The molecule has 2 saturated heterocycles. The first-order valence-corrected chi connectivity index (χ1v) is 10.7. The molecule has 3 aliphatic heterocycles. The molecule has 0 radical (unpaired) electrons. The fraction of sp³-hybridized carbons (Fsp3) is 0.800. The Kier molecular flexibility index (Phi) is 3.58. The molecule has 0 aromatic rings. The molecule has 22 heavy (non-hydrogen) atoms. The van der Waals surface area contributed by atoms with Crippen molar-refractivity contribution in [2.45, 2.75) is 70.1 Å². The zero-order chi connectivity index (χ0) is 16.3. The first-order valence-electron chi connectivity index (χ1n) is 7.76. The molecule has 7 heteroatoms. The number of amides is 1. The number of nitrogens with one attached hydrogen (secondary N) is 1. The van der Waals surface area contributed by atoms with Gasteiger partial charge in [0.15, 0.2) is 8.32 Å². The minimum absolute atomic E-state index is 0.0264. The summed E-state index contributed by atoms with van der Waals surface area (Å²) >= 11 is 0. The van der Waals surface area contributed by atoms with Gasteiger partial charge < -0.3 is 14.5 Å². The molecular formula is C15H25NO5Si. The smallest absolute Gasteiger partial charge is 0.244 e. The number of fused-ring (bicyclic) bond motifs is 2. The Balaban J connectivity index is 1.73. The zero-order valence-corrected chi connectivity index (χ0v) is 15.0. The van der Waals surface area contributed by atoms with Crippen LogP contribution in [0.25, 0.3) is 0 Å². The molecule has 6 nitrogen and oxygen atoms in total. The van der Waals surface area contributed by atoms with Crippen LogP contribution in [-0.2, 0) is 23.7 Å². The van der Waals surface area contributed by atoms with Crippen LogP contribution in [0.3, 0.4) is 0 Å². The van der Waals surface area contributed by atoms with Gasteiger partial charge in [0.05, 0.1) is 12.0 Å². The number of carbonyl (C=O) groups is 1. The van der Waals surface area contributed by atoms with Crippen molar-refractivity contribution in [1.29, 1.82) is 0 Å². The Labute approximate surface area is 132 Å². The molecule has 0 saturated carbocycles. The molecule has 0 spiro atoms. The molecule has 3 rings (SSSR count). The summed E-state index contributed by atoms with van der Waals surface area (Å²) in [7, 11) is -1.95. The van der Waals surface area contributed by atoms with Crippen LogP contribution in [0.2, 0.25) is 18.1 Å². The van der Waals surface area contributed by atoms with Crippen LogP contribution in [0, 0.1) is 5.92 Å². The summed E-state index contributed by atoms with van der Waals surface area (Å²) in [5.41, 5.74) is 0. The van der Waals surface area contributed by atoms with Crippen LogP contribution in [0.5, 0.6) is 0 Å². The van der Waals surface area contributed by atoms with E-state index in [2.05, 4.69) is 39.2 Å². The van der Waals surface area contributed by atoms with Crippen LogP contribution in [0.4, 0.5) is 0 Å². The number of rotatable bonds is 4. The minimum Gasteiger partial charge on any atom is -0.413 e. The number of hydrogen-bond acceptors (Lipinski definition) is 5. The van der Waals surface area contributed by atoms with E-state index in [1.807, 2.05) is 13.0 Å². The molecule has 3 heterocycles. The largest absolute Gasteiger partial charge is 0.413 e. The van der Waals surface area contributed by atoms with E-state index in [9.17, 15) is 4.79 Å². The molecule has 5 atom stereocenters. The first-order chi connectivity index (χ1) is 10.1. The van der Waals surface area contributed by atoms with Gasteiger partial charge in [-0.25, -0.2) is 0 Å². The highest BCUT2D eigenvalue weighted by molar-refractivity contribution is 6.74. The number of carbonyl (C=O) groups excluding carboxylic acids is 1. The Morgan fingerprint density at radius 3 is 2.50 bits per heavy atom. The molecule has 124 valence electrons. The molecular weight excluding hydrogens is 302 g/mol. The summed E-state index contributed by atoms with van der Waals surface area (Å²) in [6.07, 6.45) is 2.94. The van der Waals surface area contributed by atoms with Gasteiger partial charge in [0.2, 0.25) is 18.0 Å². The van der Waals surface area contributed by atoms with Gasteiger partial charge in [-0.1, -0.05) is 20.8 Å². The highest BCUT2D eigenvalue weighted by Crippen LogP contribution is 2.44. The molecule has 0 aromatic heterocycles. The lowest BCUT2D eigenvalue weighted by molar-refractivity contribution is -0.330. The number of hydrogen-bond donors (Lipinski definition) is 1. The maximum absolute atomic E-state index is 12.1. The molecule has 0 aromatic carbocycles. The van der Waals surface area contributed by atoms with Crippen LogP contribution in [0.1, 0.15) is 27.7 Å². The SMILES string of the molecule is C[C@@H](O[Si](C)(C)C(C)(C)C)[C@H]1C(=O)N[C@H]1[C@]12C=C[C@@H](OO1)O2. The van der Waals surface area contributed by atoms with Crippen molar-refractivity contribution < 1.29 is 23.7 Å². The molecule has 0 aliphatic carbocycles. The standard InChI is InChI=1S/C15H25NO5Si/c1-9(20-22(5,6)14(2,3)4)11-12(16-13(11)17)15-8-7-10(18-15)19-21-15/h7-12H,1-6H3,(H,16,17)/t9-,10-,11-,12-,15+/m1/s1. The van der Waals surface area contributed by atoms with E-state index in [1.165, 1.54) is 0 Å². The normalized spacial score (nSPS) is 38.8. The summed E-state index contributed by atoms with van der Waals surface area (Å²) in [5.74, 6) is -1.34. The van der Waals surface area contributed by atoms with Crippen LogP contribution in [-0.4, -0.2) is 38.4 Å². The summed E-state index contributed by atoms with van der Waals surface area (Å²) in [5, 5.41) is 2.97. The third-order valence-corrected chi connectivity index (χ3v) is 9.82. The number of β-lactam (4-membered cyclic amide) rings is 1. The van der Waals surface area contributed by atoms with Gasteiger partial charge in [-0.05, 0) is 37.2 Å². The van der Waals surface area contributed by atoms with E-state index < -0.39 is 20.4 Å². The van der Waals surface area contributed by atoms with Gasteiger partial charge in [0, 0.05) is 0 Å². The van der Waals surface area contributed by atoms with E-state index >= 15 is 0 Å². The van der Waals surface area contributed by atoms with Gasteiger partial charge >= 0.3 is 0 Å². The summed E-state index contributed by atoms with van der Waals surface area (Å²) in [4.78, 5) is 22.4. The summed E-state index contributed by atoms with van der Waals surface area (Å²) < 4.78 is 12.0. The maximum Gasteiger partial charge on any atom is 0.244 e. The van der Waals surface area contributed by atoms with E-state index in [1.54, 1.807) is 6.08 Å². The molecule has 2 bridgehead atoms. The Morgan fingerprint density at radius 2 is 2.09 bits per heavy atom. The van der Waals surface area contributed by atoms with Gasteiger partial charge in [-0.2, -0.15) is 9.78 Å². The average molecular weight is 327 g/mol. The highest BCUT2D eigenvalue weighted by Gasteiger charge is 2.62. The lowest BCUT2D eigenvalue weighted by Crippen LogP contribution is -2.71. The van der Waals surface area contributed by atoms with Crippen LogP contribution < -0.4 is 5.32 Å². The fourth-order valence-electron chi connectivity index (χ4n) is 2.87. The maximum atomic E-state index is 12.1. The van der Waals surface area contributed by atoms with Crippen molar-refractivity contribution in [1.82, 2.24) is 5.32 Å². The Morgan fingerprint density at radius 1 is 1.41 bits per heavy atom. The fourth-order valence-corrected chi connectivity index (χ4v) is 4.30. The first kappa shape index (κ1) is 16.1.